The second-order valence-electron chi connectivity index (χ2n) is 7.27. The number of benzene rings is 1. The van der Waals surface area contributed by atoms with Gasteiger partial charge in [0.05, 0.1) is 12.0 Å². The zero-order chi connectivity index (χ0) is 18.5. The first-order chi connectivity index (χ1) is 13.3. The van der Waals surface area contributed by atoms with Crippen molar-refractivity contribution in [3.63, 3.8) is 0 Å². The molecule has 0 saturated carbocycles. The highest BCUT2D eigenvalue weighted by atomic mass is 16.5. The van der Waals surface area contributed by atoms with E-state index in [2.05, 4.69) is 15.2 Å². The van der Waals surface area contributed by atoms with Crippen molar-refractivity contribution in [2.24, 2.45) is 5.92 Å². The molecule has 0 unspecified atom stereocenters. The Bertz CT molecular complexity index is 762. The molecule has 0 aliphatic carbocycles. The number of rotatable bonds is 5. The third-order valence-corrected chi connectivity index (χ3v) is 5.32. The van der Waals surface area contributed by atoms with E-state index < -0.39 is 0 Å². The second-order valence-corrected chi connectivity index (χ2v) is 7.27. The molecule has 1 amide bonds. The first kappa shape index (κ1) is 17.9. The predicted molar refractivity (Wildman–Crippen MR) is 104 cm³/mol. The Morgan fingerprint density at radius 3 is 2.89 bits per heavy atom. The Balaban J connectivity index is 1.40. The molecule has 1 aromatic heterocycles. The average Bonchev–Trinajstić information content (AvgIpc) is 3.26. The molecule has 2 aromatic rings. The van der Waals surface area contributed by atoms with Crippen LogP contribution < -0.4 is 10.2 Å². The van der Waals surface area contributed by atoms with Gasteiger partial charge in [-0.05, 0) is 31.7 Å². The van der Waals surface area contributed by atoms with Crippen LogP contribution in [-0.4, -0.2) is 48.2 Å². The van der Waals surface area contributed by atoms with Crippen molar-refractivity contribution < 1.29 is 9.53 Å². The van der Waals surface area contributed by atoms with Crippen LogP contribution >= 0.6 is 0 Å². The molecule has 4 rings (SSSR count). The minimum absolute atomic E-state index is 0.00436. The molecule has 6 heteroatoms. The summed E-state index contributed by atoms with van der Waals surface area (Å²) in [5.41, 5.74) is 1.00. The van der Waals surface area contributed by atoms with Crippen LogP contribution in [0.1, 0.15) is 25.7 Å². The number of carbonyl (C=O) groups excluding carboxylic acids is 1. The van der Waals surface area contributed by atoms with E-state index in [-0.39, 0.29) is 17.9 Å². The normalized spacial score (nSPS) is 22.6. The lowest BCUT2D eigenvalue weighted by Crippen LogP contribution is -2.45. The van der Waals surface area contributed by atoms with E-state index >= 15 is 0 Å². The fourth-order valence-corrected chi connectivity index (χ4v) is 3.81. The van der Waals surface area contributed by atoms with E-state index in [1.54, 1.807) is 6.20 Å². The van der Waals surface area contributed by atoms with Crippen molar-refractivity contribution in [3.05, 3.63) is 42.6 Å². The number of amides is 1. The summed E-state index contributed by atoms with van der Waals surface area (Å²) in [4.78, 5) is 23.9. The van der Waals surface area contributed by atoms with E-state index in [0.29, 0.717) is 13.1 Å². The van der Waals surface area contributed by atoms with E-state index in [1.807, 2.05) is 36.4 Å². The molecule has 2 fully saturated rings. The Hall–Kier alpha value is -2.47. The SMILES string of the molecule is O=C(NC[C@H]1CCCO1)[C@H]1CCCN(c2ccnc(-c3ccccc3)n2)C1. The summed E-state index contributed by atoms with van der Waals surface area (Å²) in [5.74, 6) is 1.74. The molecule has 1 aromatic carbocycles. The summed E-state index contributed by atoms with van der Waals surface area (Å²) in [7, 11) is 0. The minimum Gasteiger partial charge on any atom is -0.376 e. The number of aromatic nitrogens is 2. The number of carbonyl (C=O) groups is 1. The maximum Gasteiger partial charge on any atom is 0.224 e. The van der Waals surface area contributed by atoms with Crippen molar-refractivity contribution in [1.82, 2.24) is 15.3 Å². The second kappa shape index (κ2) is 8.48. The van der Waals surface area contributed by atoms with Gasteiger partial charge in [0, 0.05) is 38.0 Å². The molecule has 0 radical (unpaired) electrons. The molecule has 2 saturated heterocycles. The summed E-state index contributed by atoms with van der Waals surface area (Å²) >= 11 is 0. The van der Waals surface area contributed by atoms with Gasteiger partial charge in [-0.1, -0.05) is 30.3 Å². The number of nitrogens with zero attached hydrogens (tertiary/aromatic N) is 3. The molecule has 27 heavy (non-hydrogen) atoms. The summed E-state index contributed by atoms with van der Waals surface area (Å²) in [6.07, 6.45) is 6.03. The molecule has 3 heterocycles. The van der Waals surface area contributed by atoms with Crippen molar-refractivity contribution in [1.29, 1.82) is 0 Å². The highest BCUT2D eigenvalue weighted by Crippen LogP contribution is 2.24. The van der Waals surface area contributed by atoms with E-state index in [9.17, 15) is 4.79 Å². The highest BCUT2D eigenvalue weighted by molar-refractivity contribution is 5.79. The van der Waals surface area contributed by atoms with Crippen LogP contribution in [0, 0.1) is 5.92 Å². The number of hydrogen-bond donors (Lipinski definition) is 1. The first-order valence-electron chi connectivity index (χ1n) is 9.82. The number of anilines is 1. The van der Waals surface area contributed by atoms with E-state index in [4.69, 9.17) is 9.72 Å². The van der Waals surface area contributed by atoms with Gasteiger partial charge < -0.3 is 15.0 Å². The summed E-state index contributed by atoms with van der Waals surface area (Å²) in [6, 6.07) is 11.9. The standard InChI is InChI=1S/C21H26N4O2/c26-21(23-14-18-9-5-13-27-18)17-8-4-12-25(15-17)19-10-11-22-20(24-19)16-6-2-1-3-7-16/h1-3,6-7,10-11,17-18H,4-5,8-9,12-15H2,(H,23,26)/t17-,18+/m0/s1. The monoisotopic (exact) mass is 366 g/mol. The Morgan fingerprint density at radius 1 is 1.19 bits per heavy atom. The van der Waals surface area contributed by atoms with Crippen molar-refractivity contribution in [2.75, 3.05) is 31.1 Å². The summed E-state index contributed by atoms with van der Waals surface area (Å²) in [5, 5.41) is 3.08. The van der Waals surface area contributed by atoms with Gasteiger partial charge in [0.25, 0.3) is 0 Å². The smallest absolute Gasteiger partial charge is 0.224 e. The van der Waals surface area contributed by atoms with Gasteiger partial charge in [-0.3, -0.25) is 4.79 Å². The molecule has 1 N–H and O–H groups in total. The lowest BCUT2D eigenvalue weighted by Gasteiger charge is -2.33. The number of hydrogen-bond acceptors (Lipinski definition) is 5. The van der Waals surface area contributed by atoms with Gasteiger partial charge in [0.15, 0.2) is 5.82 Å². The van der Waals surface area contributed by atoms with Crippen LogP contribution in [0.2, 0.25) is 0 Å². The molecule has 2 atom stereocenters. The minimum atomic E-state index is -0.00436. The Labute approximate surface area is 160 Å². The van der Waals surface area contributed by atoms with Crippen molar-refractivity contribution >= 4 is 11.7 Å². The van der Waals surface area contributed by atoms with Gasteiger partial charge in [-0.25, -0.2) is 9.97 Å². The third-order valence-electron chi connectivity index (χ3n) is 5.32. The molecular formula is C21H26N4O2. The summed E-state index contributed by atoms with van der Waals surface area (Å²) < 4.78 is 5.59. The topological polar surface area (TPSA) is 67.3 Å². The highest BCUT2D eigenvalue weighted by Gasteiger charge is 2.27. The number of ether oxygens (including phenoxy) is 1. The van der Waals surface area contributed by atoms with Gasteiger partial charge in [-0.15, -0.1) is 0 Å². The molecular weight excluding hydrogens is 340 g/mol. The van der Waals surface area contributed by atoms with Crippen LogP contribution in [0.15, 0.2) is 42.6 Å². The van der Waals surface area contributed by atoms with Gasteiger partial charge >= 0.3 is 0 Å². The lowest BCUT2D eigenvalue weighted by molar-refractivity contribution is -0.125. The first-order valence-corrected chi connectivity index (χ1v) is 9.82. The molecule has 2 aliphatic heterocycles. The molecule has 142 valence electrons. The maximum absolute atomic E-state index is 12.6. The zero-order valence-corrected chi connectivity index (χ0v) is 15.5. The van der Waals surface area contributed by atoms with Crippen LogP contribution in [0.3, 0.4) is 0 Å². The van der Waals surface area contributed by atoms with Crippen molar-refractivity contribution in [3.8, 4) is 11.4 Å². The van der Waals surface area contributed by atoms with Gasteiger partial charge in [-0.2, -0.15) is 0 Å². The molecule has 0 spiro atoms. The van der Waals surface area contributed by atoms with Crippen LogP contribution in [0.4, 0.5) is 5.82 Å². The average molecular weight is 366 g/mol. The molecule has 6 nitrogen and oxygen atoms in total. The van der Waals surface area contributed by atoms with E-state index in [0.717, 1.165) is 56.0 Å². The number of nitrogens with one attached hydrogen (secondary N) is 1. The number of piperidine rings is 1. The van der Waals surface area contributed by atoms with Gasteiger partial charge in [0.2, 0.25) is 5.91 Å². The predicted octanol–water partition coefficient (Wildman–Crippen LogP) is 2.66. The maximum atomic E-state index is 12.6. The largest absolute Gasteiger partial charge is 0.376 e. The van der Waals surface area contributed by atoms with E-state index in [1.165, 1.54) is 0 Å². The summed E-state index contributed by atoms with van der Waals surface area (Å²) in [6.45, 7) is 3.06. The van der Waals surface area contributed by atoms with Crippen LogP contribution in [-0.2, 0) is 9.53 Å². The fourth-order valence-electron chi connectivity index (χ4n) is 3.81. The Morgan fingerprint density at radius 2 is 2.07 bits per heavy atom. The van der Waals surface area contributed by atoms with Crippen LogP contribution in [0.5, 0.6) is 0 Å². The molecule has 2 aliphatic rings. The molecule has 0 bridgehead atoms. The quantitative estimate of drug-likeness (QED) is 0.881. The lowest BCUT2D eigenvalue weighted by atomic mass is 9.97. The fraction of sp³-hybridized carbons (Fsp3) is 0.476. The van der Waals surface area contributed by atoms with Crippen LogP contribution in [0.25, 0.3) is 11.4 Å². The zero-order valence-electron chi connectivity index (χ0n) is 15.5. The van der Waals surface area contributed by atoms with Gasteiger partial charge in [0.1, 0.15) is 5.82 Å². The van der Waals surface area contributed by atoms with Crippen molar-refractivity contribution in [2.45, 2.75) is 31.8 Å². The third kappa shape index (κ3) is 4.45. The Kier molecular flexibility index (Phi) is 5.63.